The van der Waals surface area contributed by atoms with Crippen LogP contribution in [0.4, 0.5) is 4.79 Å². The zero-order valence-electron chi connectivity index (χ0n) is 10.1. The van der Waals surface area contributed by atoms with Crippen LogP contribution < -0.4 is 0 Å². The first-order valence-corrected chi connectivity index (χ1v) is 5.19. The molecule has 0 unspecified atom stereocenters. The van der Waals surface area contributed by atoms with Crippen LogP contribution in [-0.4, -0.2) is 27.8 Å². The highest BCUT2D eigenvalue weighted by atomic mass is 16.6. The van der Waals surface area contributed by atoms with Gasteiger partial charge in [-0.3, -0.25) is 0 Å². The second-order valence-electron chi connectivity index (χ2n) is 4.46. The van der Waals surface area contributed by atoms with E-state index in [-0.39, 0.29) is 0 Å². The quantitative estimate of drug-likeness (QED) is 0.459. The van der Waals surface area contributed by atoms with E-state index in [0.717, 1.165) is 0 Å². The highest BCUT2D eigenvalue weighted by Crippen LogP contribution is 2.09. The van der Waals surface area contributed by atoms with Gasteiger partial charge < -0.3 is 4.74 Å². The van der Waals surface area contributed by atoms with Crippen LogP contribution in [0.1, 0.15) is 26.5 Å². The van der Waals surface area contributed by atoms with E-state index in [1.807, 2.05) is 0 Å². The van der Waals surface area contributed by atoms with Crippen molar-refractivity contribution in [3.63, 3.8) is 0 Å². The molecule has 0 amide bonds. The first kappa shape index (κ1) is 13.1. The average Bonchev–Trinajstić information content (AvgIpc) is 2.64. The normalized spacial score (nSPS) is 10.8. The fourth-order valence-corrected chi connectivity index (χ4v) is 1.12. The molecule has 1 heterocycles. The Morgan fingerprint density at radius 3 is 2.94 bits per heavy atom. The molecule has 0 bridgehead atoms. The minimum Gasteiger partial charge on any atom is -0.443 e. The molecule has 0 aliphatic carbocycles. The number of hydrogen-bond donors (Lipinski definition) is 0. The van der Waals surface area contributed by atoms with Crippen molar-refractivity contribution >= 4 is 6.09 Å². The average molecular weight is 237 g/mol. The summed E-state index contributed by atoms with van der Waals surface area (Å²) in [6.45, 7) is 5.71. The maximum atomic E-state index is 11.6. The molecule has 0 radical (unpaired) electrons. The van der Waals surface area contributed by atoms with Crippen LogP contribution in [0.2, 0.25) is 0 Å². The van der Waals surface area contributed by atoms with E-state index in [1.165, 1.54) is 10.9 Å². The van der Waals surface area contributed by atoms with Crippen LogP contribution in [0.25, 0.3) is 10.4 Å². The highest BCUT2D eigenvalue weighted by molar-refractivity contribution is 5.70. The fraction of sp³-hybridized carbons (Fsp3) is 0.600. The van der Waals surface area contributed by atoms with Crippen molar-refractivity contribution in [3.05, 3.63) is 28.7 Å². The molecule has 0 atom stereocenters. The molecule has 0 aliphatic rings. The van der Waals surface area contributed by atoms with E-state index in [2.05, 4.69) is 15.0 Å². The predicted octanol–water partition coefficient (Wildman–Crippen LogP) is 2.52. The number of rotatable bonds is 3. The third kappa shape index (κ3) is 4.56. The molecule has 1 rings (SSSR count). The van der Waals surface area contributed by atoms with Crippen LogP contribution in [0, 0.1) is 0 Å². The van der Waals surface area contributed by atoms with E-state index in [4.69, 9.17) is 10.3 Å². The summed E-state index contributed by atoms with van der Waals surface area (Å²) in [6, 6.07) is 0. The number of aromatic nitrogens is 2. The van der Waals surface area contributed by atoms with E-state index in [9.17, 15) is 4.79 Å². The molecule has 1 aromatic rings. The number of nitrogens with zero attached hydrogens (tertiary/aromatic N) is 5. The summed E-state index contributed by atoms with van der Waals surface area (Å²) in [4.78, 5) is 18.3. The van der Waals surface area contributed by atoms with E-state index in [0.29, 0.717) is 18.7 Å². The minimum absolute atomic E-state index is 0.321. The predicted molar refractivity (Wildman–Crippen MR) is 61.6 cm³/mol. The lowest BCUT2D eigenvalue weighted by atomic mass is 10.2. The summed E-state index contributed by atoms with van der Waals surface area (Å²) >= 11 is 0. The molecule has 1 aromatic heterocycles. The van der Waals surface area contributed by atoms with Crippen molar-refractivity contribution in [1.29, 1.82) is 0 Å². The molecule has 0 N–H and O–H groups in total. The van der Waals surface area contributed by atoms with Crippen molar-refractivity contribution < 1.29 is 9.53 Å². The van der Waals surface area contributed by atoms with Gasteiger partial charge in [0.1, 0.15) is 11.9 Å². The van der Waals surface area contributed by atoms with Gasteiger partial charge in [0.2, 0.25) is 0 Å². The monoisotopic (exact) mass is 237 g/mol. The Hall–Kier alpha value is -2.01. The lowest BCUT2D eigenvalue weighted by Crippen LogP contribution is -2.26. The molecule has 7 heteroatoms. The summed E-state index contributed by atoms with van der Waals surface area (Å²) in [5.41, 5.74) is 8.27. The molecule has 17 heavy (non-hydrogen) atoms. The Morgan fingerprint density at radius 1 is 1.65 bits per heavy atom. The molecule has 0 saturated carbocycles. The van der Waals surface area contributed by atoms with Gasteiger partial charge in [0.15, 0.2) is 0 Å². The van der Waals surface area contributed by atoms with Gasteiger partial charge in [-0.25, -0.2) is 14.3 Å². The topological polar surface area (TPSA) is 92.9 Å². The number of hydrogen-bond acceptors (Lipinski definition) is 4. The standard InChI is InChI=1S/C10H15N5O2/c1-10(2,3)17-9(16)15-6-8(12-7-15)4-5-13-14-11/h6-7H,4-5H2,1-3H3. The molecule has 92 valence electrons. The second kappa shape index (κ2) is 5.36. The number of imidazole rings is 1. The third-order valence-electron chi connectivity index (χ3n) is 1.77. The maximum Gasteiger partial charge on any atom is 0.419 e. The van der Waals surface area contributed by atoms with Gasteiger partial charge in [-0.1, -0.05) is 5.11 Å². The maximum absolute atomic E-state index is 11.6. The molecular weight excluding hydrogens is 222 g/mol. The minimum atomic E-state index is -0.535. The van der Waals surface area contributed by atoms with Crippen molar-refractivity contribution in [2.24, 2.45) is 5.11 Å². The first-order valence-electron chi connectivity index (χ1n) is 5.19. The van der Waals surface area contributed by atoms with Crippen molar-refractivity contribution in [3.8, 4) is 0 Å². The second-order valence-corrected chi connectivity index (χ2v) is 4.46. The van der Waals surface area contributed by atoms with Gasteiger partial charge in [0, 0.05) is 17.7 Å². The lowest BCUT2D eigenvalue weighted by molar-refractivity contribution is 0.0536. The lowest BCUT2D eigenvalue weighted by Gasteiger charge is -2.19. The van der Waals surface area contributed by atoms with Gasteiger partial charge in [0.25, 0.3) is 0 Å². The summed E-state index contributed by atoms with van der Waals surface area (Å²) in [5.74, 6) is 0. The Balaban J connectivity index is 2.61. The largest absolute Gasteiger partial charge is 0.443 e. The van der Waals surface area contributed by atoms with E-state index < -0.39 is 11.7 Å². The molecule has 0 fully saturated rings. The molecule has 7 nitrogen and oxygen atoms in total. The van der Waals surface area contributed by atoms with Crippen molar-refractivity contribution in [1.82, 2.24) is 9.55 Å². The van der Waals surface area contributed by atoms with Crippen molar-refractivity contribution in [2.75, 3.05) is 6.54 Å². The highest BCUT2D eigenvalue weighted by Gasteiger charge is 2.17. The Kier molecular flexibility index (Phi) is 4.12. The van der Waals surface area contributed by atoms with Gasteiger partial charge in [0.05, 0.1) is 5.69 Å². The number of azide groups is 1. The van der Waals surface area contributed by atoms with Gasteiger partial charge >= 0.3 is 6.09 Å². The van der Waals surface area contributed by atoms with Crippen LogP contribution >= 0.6 is 0 Å². The Labute approximate surface area is 99.0 Å². The SMILES string of the molecule is CC(C)(C)OC(=O)n1cnc(CCN=[N+]=[N-])c1. The van der Waals surface area contributed by atoms with Crippen molar-refractivity contribution in [2.45, 2.75) is 32.8 Å². The molecule has 0 aliphatic heterocycles. The van der Waals surface area contributed by atoms with Crippen LogP contribution in [0.3, 0.4) is 0 Å². The molecule has 0 saturated heterocycles. The fourth-order valence-electron chi connectivity index (χ4n) is 1.12. The zero-order chi connectivity index (χ0) is 12.9. The number of carbonyl (C=O) groups excluding carboxylic acids is 1. The summed E-state index contributed by atoms with van der Waals surface area (Å²) in [5, 5.41) is 3.40. The number of ether oxygens (including phenoxy) is 1. The third-order valence-corrected chi connectivity index (χ3v) is 1.77. The van der Waals surface area contributed by atoms with Gasteiger partial charge in [-0.15, -0.1) is 0 Å². The molecular formula is C10H15N5O2. The molecule has 0 aromatic carbocycles. The summed E-state index contributed by atoms with van der Waals surface area (Å²) < 4.78 is 6.44. The van der Waals surface area contributed by atoms with Crippen LogP contribution in [-0.2, 0) is 11.2 Å². The van der Waals surface area contributed by atoms with Gasteiger partial charge in [-0.2, -0.15) is 0 Å². The number of carbonyl (C=O) groups is 1. The first-order chi connectivity index (χ1) is 7.92. The summed E-state index contributed by atoms with van der Waals surface area (Å²) in [7, 11) is 0. The summed E-state index contributed by atoms with van der Waals surface area (Å²) in [6.07, 6.45) is 2.99. The smallest absolute Gasteiger partial charge is 0.419 e. The van der Waals surface area contributed by atoms with E-state index in [1.54, 1.807) is 27.0 Å². The Bertz CT molecular complexity index is 440. The van der Waals surface area contributed by atoms with Gasteiger partial charge in [-0.05, 0) is 32.7 Å². The van der Waals surface area contributed by atoms with Crippen LogP contribution in [0.5, 0.6) is 0 Å². The molecule has 0 spiro atoms. The Morgan fingerprint density at radius 2 is 2.35 bits per heavy atom. The van der Waals surface area contributed by atoms with Crippen LogP contribution in [0.15, 0.2) is 17.6 Å². The van der Waals surface area contributed by atoms with E-state index >= 15 is 0 Å². The zero-order valence-corrected chi connectivity index (χ0v) is 10.1.